The second-order valence-corrected chi connectivity index (χ2v) is 6.10. The van der Waals surface area contributed by atoms with Crippen molar-refractivity contribution in [3.05, 3.63) is 80.7 Å². The third-order valence-corrected chi connectivity index (χ3v) is 3.92. The Morgan fingerprint density at radius 2 is 1.48 bits per heavy atom. The molecule has 13 heteroatoms. The van der Waals surface area contributed by atoms with Crippen molar-refractivity contribution in [1.82, 2.24) is 20.5 Å². The molecule has 2 aromatic heterocycles. The number of non-ortho nitro benzene ring substituents is 2. The number of benzene rings is 1. The smallest absolute Gasteiger partial charge is 0.277 e. The second-order valence-electron chi connectivity index (χ2n) is 6.10. The van der Waals surface area contributed by atoms with Crippen LogP contribution in [0, 0.1) is 20.2 Å². The molecular formula is C18H16N8O5. The first-order valence-corrected chi connectivity index (χ1v) is 8.89. The Labute approximate surface area is 174 Å². The molecule has 13 nitrogen and oxygen atoms in total. The monoisotopic (exact) mass is 424 g/mol. The van der Waals surface area contributed by atoms with Crippen LogP contribution >= 0.6 is 0 Å². The number of nitrogens with one attached hydrogen (secondary N) is 3. The van der Waals surface area contributed by atoms with E-state index in [1.54, 1.807) is 36.7 Å². The summed E-state index contributed by atoms with van der Waals surface area (Å²) in [7, 11) is 0. The number of nitro groups is 2. The molecule has 3 rings (SSSR count). The third-order valence-electron chi connectivity index (χ3n) is 3.92. The van der Waals surface area contributed by atoms with Crippen LogP contribution in [0.3, 0.4) is 0 Å². The maximum Gasteiger partial charge on any atom is 0.277 e. The molecule has 0 fully saturated rings. The van der Waals surface area contributed by atoms with Crippen molar-refractivity contribution in [2.24, 2.45) is 0 Å². The SMILES string of the molecule is O=C(NCCNc1ccc(Nc2ccncc2)nn1)c1cc([N+](=O)[O-])cc([N+](=O)[O-])c1. The Bertz CT molecular complexity index is 1060. The van der Waals surface area contributed by atoms with Crippen LogP contribution in [0.1, 0.15) is 10.4 Å². The number of nitrogens with zero attached hydrogens (tertiary/aromatic N) is 5. The molecule has 0 atom stereocenters. The van der Waals surface area contributed by atoms with Crippen LogP contribution in [0.5, 0.6) is 0 Å². The molecule has 0 aliphatic heterocycles. The van der Waals surface area contributed by atoms with Gasteiger partial charge in [0.1, 0.15) is 5.82 Å². The summed E-state index contributed by atoms with van der Waals surface area (Å²) in [6, 6.07) is 9.74. The van der Waals surface area contributed by atoms with Gasteiger partial charge in [-0.15, -0.1) is 10.2 Å². The molecular weight excluding hydrogens is 408 g/mol. The molecule has 0 saturated heterocycles. The standard InChI is InChI=1S/C18H16N8O5/c27-18(12-9-14(25(28)29)11-15(10-12)26(30)31)21-8-7-20-16-1-2-17(24-23-16)22-13-3-5-19-6-4-13/h1-6,9-11H,7-8H2,(H,20,23)(H,21,27)(H,19,22,24). The molecule has 0 bridgehead atoms. The van der Waals surface area contributed by atoms with Crippen molar-refractivity contribution in [2.75, 3.05) is 23.7 Å². The quantitative estimate of drug-likeness (QED) is 0.262. The van der Waals surface area contributed by atoms with Crippen molar-refractivity contribution in [3.8, 4) is 0 Å². The summed E-state index contributed by atoms with van der Waals surface area (Å²) in [4.78, 5) is 36.4. The zero-order chi connectivity index (χ0) is 22.2. The number of rotatable bonds is 9. The lowest BCUT2D eigenvalue weighted by atomic mass is 10.1. The summed E-state index contributed by atoms with van der Waals surface area (Å²) in [5, 5.41) is 38.4. The van der Waals surface area contributed by atoms with Gasteiger partial charge in [-0.1, -0.05) is 0 Å². The van der Waals surface area contributed by atoms with Crippen molar-refractivity contribution in [1.29, 1.82) is 0 Å². The number of amides is 1. The van der Waals surface area contributed by atoms with E-state index in [1.807, 2.05) is 0 Å². The Hall–Kier alpha value is -4.68. The van der Waals surface area contributed by atoms with Crippen LogP contribution in [0.4, 0.5) is 28.7 Å². The minimum Gasteiger partial charge on any atom is -0.367 e. The number of nitro benzene ring substituents is 2. The van der Waals surface area contributed by atoms with E-state index in [9.17, 15) is 25.0 Å². The summed E-state index contributed by atoms with van der Waals surface area (Å²) in [6.45, 7) is 0.433. The topological polar surface area (TPSA) is 178 Å². The average Bonchev–Trinajstić information content (AvgIpc) is 2.78. The molecule has 0 saturated carbocycles. The highest BCUT2D eigenvalue weighted by atomic mass is 16.6. The molecule has 31 heavy (non-hydrogen) atoms. The fourth-order valence-corrected chi connectivity index (χ4v) is 2.48. The number of pyridine rings is 1. The fourth-order valence-electron chi connectivity index (χ4n) is 2.48. The lowest BCUT2D eigenvalue weighted by molar-refractivity contribution is -0.394. The van der Waals surface area contributed by atoms with Crippen LogP contribution in [0.2, 0.25) is 0 Å². The van der Waals surface area contributed by atoms with Gasteiger partial charge in [-0.05, 0) is 24.3 Å². The number of hydrogen-bond acceptors (Lipinski definition) is 10. The number of carbonyl (C=O) groups is 1. The predicted octanol–water partition coefficient (Wildman–Crippen LogP) is 2.27. The molecule has 2 heterocycles. The zero-order valence-corrected chi connectivity index (χ0v) is 15.9. The molecule has 3 aromatic rings. The third kappa shape index (κ3) is 5.90. The largest absolute Gasteiger partial charge is 0.367 e. The van der Waals surface area contributed by atoms with E-state index < -0.39 is 27.1 Å². The first-order chi connectivity index (χ1) is 14.9. The molecule has 0 aliphatic carbocycles. The summed E-state index contributed by atoms with van der Waals surface area (Å²) in [6.07, 6.45) is 3.29. The highest BCUT2D eigenvalue weighted by molar-refractivity contribution is 5.95. The normalized spacial score (nSPS) is 10.2. The van der Waals surface area contributed by atoms with Gasteiger partial charge in [0.2, 0.25) is 0 Å². The van der Waals surface area contributed by atoms with E-state index in [0.717, 1.165) is 23.9 Å². The Kier molecular flexibility index (Phi) is 6.57. The van der Waals surface area contributed by atoms with Gasteiger partial charge in [-0.25, -0.2) is 0 Å². The van der Waals surface area contributed by atoms with Gasteiger partial charge in [0.05, 0.1) is 21.5 Å². The fraction of sp³-hybridized carbons (Fsp3) is 0.111. The van der Waals surface area contributed by atoms with Crippen LogP contribution in [-0.2, 0) is 0 Å². The molecule has 0 spiro atoms. The molecule has 0 radical (unpaired) electrons. The van der Waals surface area contributed by atoms with Crippen LogP contribution in [0.15, 0.2) is 54.9 Å². The van der Waals surface area contributed by atoms with E-state index in [-0.39, 0.29) is 18.7 Å². The first kappa shape index (κ1) is 21.0. The number of hydrogen-bond donors (Lipinski definition) is 3. The highest BCUT2D eigenvalue weighted by Crippen LogP contribution is 2.22. The van der Waals surface area contributed by atoms with E-state index in [1.165, 1.54) is 0 Å². The van der Waals surface area contributed by atoms with Crippen molar-refractivity contribution in [3.63, 3.8) is 0 Å². The van der Waals surface area contributed by atoms with Gasteiger partial charge in [0, 0.05) is 43.3 Å². The van der Waals surface area contributed by atoms with Gasteiger partial charge in [0.25, 0.3) is 17.3 Å². The highest BCUT2D eigenvalue weighted by Gasteiger charge is 2.19. The average molecular weight is 424 g/mol. The van der Waals surface area contributed by atoms with E-state index >= 15 is 0 Å². The zero-order valence-electron chi connectivity index (χ0n) is 15.9. The molecule has 0 unspecified atom stereocenters. The van der Waals surface area contributed by atoms with Crippen molar-refractivity contribution in [2.45, 2.75) is 0 Å². The summed E-state index contributed by atoms with van der Waals surface area (Å²) >= 11 is 0. The van der Waals surface area contributed by atoms with Crippen LogP contribution in [-0.4, -0.2) is 44.0 Å². The lowest BCUT2D eigenvalue weighted by Crippen LogP contribution is -2.29. The van der Waals surface area contributed by atoms with Crippen LogP contribution < -0.4 is 16.0 Å². The summed E-state index contributed by atoms with van der Waals surface area (Å²) in [5.41, 5.74) is -0.428. The molecule has 3 N–H and O–H groups in total. The summed E-state index contributed by atoms with van der Waals surface area (Å²) < 4.78 is 0. The minimum atomic E-state index is -0.794. The van der Waals surface area contributed by atoms with Gasteiger partial charge >= 0.3 is 0 Å². The number of carbonyl (C=O) groups excluding carboxylic acids is 1. The Morgan fingerprint density at radius 1 is 0.871 bits per heavy atom. The maximum absolute atomic E-state index is 12.2. The van der Waals surface area contributed by atoms with Gasteiger partial charge in [0.15, 0.2) is 5.82 Å². The van der Waals surface area contributed by atoms with Gasteiger partial charge < -0.3 is 16.0 Å². The summed E-state index contributed by atoms with van der Waals surface area (Å²) in [5.74, 6) is 0.342. The van der Waals surface area contributed by atoms with E-state index in [4.69, 9.17) is 0 Å². The minimum absolute atomic E-state index is 0.147. The Morgan fingerprint density at radius 3 is 2.06 bits per heavy atom. The molecule has 1 aromatic carbocycles. The van der Waals surface area contributed by atoms with E-state index in [0.29, 0.717) is 11.6 Å². The lowest BCUT2D eigenvalue weighted by Gasteiger charge is -2.08. The molecule has 0 aliphatic rings. The number of anilines is 3. The molecule has 1 amide bonds. The number of aromatic nitrogens is 3. The van der Waals surface area contributed by atoms with E-state index in [2.05, 4.69) is 31.1 Å². The van der Waals surface area contributed by atoms with Crippen molar-refractivity contribution < 1.29 is 14.6 Å². The first-order valence-electron chi connectivity index (χ1n) is 8.89. The Balaban J connectivity index is 1.51. The van der Waals surface area contributed by atoms with Gasteiger partial charge in [-0.2, -0.15) is 0 Å². The predicted molar refractivity (Wildman–Crippen MR) is 110 cm³/mol. The van der Waals surface area contributed by atoms with Gasteiger partial charge in [-0.3, -0.25) is 30.0 Å². The van der Waals surface area contributed by atoms with Crippen LogP contribution in [0.25, 0.3) is 0 Å². The maximum atomic E-state index is 12.2. The molecule has 158 valence electrons. The second kappa shape index (κ2) is 9.69. The van der Waals surface area contributed by atoms with Crippen molar-refractivity contribution >= 4 is 34.6 Å².